The third-order valence-corrected chi connectivity index (χ3v) is 2.85. The summed E-state index contributed by atoms with van der Waals surface area (Å²) < 4.78 is 11.3. The van der Waals surface area contributed by atoms with Crippen LogP contribution >= 0.6 is 0 Å². The lowest BCUT2D eigenvalue weighted by molar-refractivity contribution is -0.00676. The molecule has 0 aliphatic carbocycles. The highest BCUT2D eigenvalue weighted by Gasteiger charge is 2.25. The second-order valence-corrected chi connectivity index (χ2v) is 4.82. The van der Waals surface area contributed by atoms with E-state index in [1.165, 1.54) is 0 Å². The standard InChI is InChI=1S/C12H22N4O2/c1-4-5-13-6-11-14-15-12(18-11)16-7-9(2)17-10(3)8-16/h9-10,13H,4-8H2,1-3H3. The van der Waals surface area contributed by atoms with Crippen LogP contribution in [0.3, 0.4) is 0 Å². The van der Waals surface area contributed by atoms with Crippen LogP contribution in [0, 0.1) is 0 Å². The van der Waals surface area contributed by atoms with Gasteiger partial charge in [-0.2, -0.15) is 0 Å². The van der Waals surface area contributed by atoms with Crippen molar-refractivity contribution in [2.24, 2.45) is 0 Å². The Morgan fingerprint density at radius 2 is 2.00 bits per heavy atom. The molecule has 0 saturated carbocycles. The Balaban J connectivity index is 1.92. The molecule has 1 aromatic rings. The summed E-state index contributed by atoms with van der Waals surface area (Å²) in [6, 6.07) is 0.602. The molecule has 2 atom stereocenters. The summed E-state index contributed by atoms with van der Waals surface area (Å²) in [5.74, 6) is 0.644. The van der Waals surface area contributed by atoms with Crippen LogP contribution in [0.1, 0.15) is 33.1 Å². The number of hydrogen-bond acceptors (Lipinski definition) is 6. The molecule has 0 aromatic carbocycles. The van der Waals surface area contributed by atoms with E-state index in [1.54, 1.807) is 0 Å². The molecule has 102 valence electrons. The van der Waals surface area contributed by atoms with Crippen LogP contribution in [0.25, 0.3) is 0 Å². The van der Waals surface area contributed by atoms with Gasteiger partial charge in [-0.05, 0) is 26.8 Å². The Hall–Kier alpha value is -1.14. The second-order valence-electron chi connectivity index (χ2n) is 4.82. The summed E-state index contributed by atoms with van der Waals surface area (Å²) in [5, 5.41) is 11.4. The number of morpholine rings is 1. The molecule has 1 fully saturated rings. The van der Waals surface area contributed by atoms with E-state index in [-0.39, 0.29) is 12.2 Å². The van der Waals surface area contributed by atoms with Gasteiger partial charge in [0.1, 0.15) is 0 Å². The minimum atomic E-state index is 0.197. The largest absolute Gasteiger partial charge is 0.407 e. The van der Waals surface area contributed by atoms with Gasteiger partial charge in [0.2, 0.25) is 5.89 Å². The van der Waals surface area contributed by atoms with Crippen molar-refractivity contribution < 1.29 is 9.15 Å². The molecule has 18 heavy (non-hydrogen) atoms. The molecule has 1 N–H and O–H groups in total. The maximum absolute atomic E-state index is 5.68. The number of ether oxygens (including phenoxy) is 1. The average molecular weight is 254 g/mol. The molecule has 1 aromatic heterocycles. The molecule has 6 nitrogen and oxygen atoms in total. The van der Waals surface area contributed by atoms with Gasteiger partial charge in [-0.1, -0.05) is 12.0 Å². The molecular formula is C12H22N4O2. The van der Waals surface area contributed by atoms with E-state index in [0.717, 1.165) is 26.1 Å². The number of anilines is 1. The van der Waals surface area contributed by atoms with Gasteiger partial charge in [0.25, 0.3) is 0 Å². The average Bonchev–Trinajstić information content (AvgIpc) is 2.77. The Kier molecular flexibility index (Phi) is 4.54. The van der Waals surface area contributed by atoms with Crippen molar-refractivity contribution in [3.8, 4) is 0 Å². The lowest BCUT2D eigenvalue weighted by Gasteiger charge is -2.33. The minimum absolute atomic E-state index is 0.197. The fourth-order valence-electron chi connectivity index (χ4n) is 2.15. The predicted octanol–water partition coefficient (Wildman–Crippen LogP) is 1.18. The highest BCUT2D eigenvalue weighted by atomic mass is 16.5. The zero-order chi connectivity index (χ0) is 13.0. The van der Waals surface area contributed by atoms with Gasteiger partial charge >= 0.3 is 6.01 Å². The number of nitrogens with one attached hydrogen (secondary N) is 1. The van der Waals surface area contributed by atoms with E-state index >= 15 is 0 Å². The first-order chi connectivity index (χ1) is 8.69. The van der Waals surface area contributed by atoms with E-state index in [2.05, 4.69) is 41.2 Å². The van der Waals surface area contributed by atoms with E-state index in [1.807, 2.05) is 0 Å². The van der Waals surface area contributed by atoms with E-state index in [4.69, 9.17) is 9.15 Å². The molecular weight excluding hydrogens is 232 g/mol. The van der Waals surface area contributed by atoms with Gasteiger partial charge < -0.3 is 19.4 Å². The van der Waals surface area contributed by atoms with Gasteiger partial charge in [0.15, 0.2) is 0 Å². The second kappa shape index (κ2) is 6.15. The highest BCUT2D eigenvalue weighted by Crippen LogP contribution is 2.18. The number of nitrogens with zero attached hydrogens (tertiary/aromatic N) is 3. The van der Waals surface area contributed by atoms with Crippen LogP contribution < -0.4 is 10.2 Å². The minimum Gasteiger partial charge on any atom is -0.407 e. The molecule has 0 bridgehead atoms. The van der Waals surface area contributed by atoms with Gasteiger partial charge in [-0.3, -0.25) is 0 Å². The summed E-state index contributed by atoms with van der Waals surface area (Å²) in [4.78, 5) is 2.09. The SMILES string of the molecule is CCCNCc1nnc(N2CC(C)OC(C)C2)o1. The fraction of sp³-hybridized carbons (Fsp3) is 0.833. The third kappa shape index (κ3) is 3.43. The summed E-state index contributed by atoms with van der Waals surface area (Å²) >= 11 is 0. The van der Waals surface area contributed by atoms with Crippen LogP contribution in [0.4, 0.5) is 6.01 Å². The molecule has 0 amide bonds. The molecule has 0 radical (unpaired) electrons. The zero-order valence-corrected chi connectivity index (χ0v) is 11.3. The maximum Gasteiger partial charge on any atom is 0.318 e. The van der Waals surface area contributed by atoms with Crippen molar-refractivity contribution in [1.82, 2.24) is 15.5 Å². The molecule has 2 unspecified atom stereocenters. The van der Waals surface area contributed by atoms with Crippen LogP contribution in [-0.2, 0) is 11.3 Å². The Labute approximate surface area is 108 Å². The number of aromatic nitrogens is 2. The predicted molar refractivity (Wildman–Crippen MR) is 68.5 cm³/mol. The Morgan fingerprint density at radius 3 is 2.67 bits per heavy atom. The molecule has 2 heterocycles. The fourth-order valence-corrected chi connectivity index (χ4v) is 2.15. The van der Waals surface area contributed by atoms with Gasteiger partial charge in [-0.25, -0.2) is 0 Å². The highest BCUT2D eigenvalue weighted by molar-refractivity contribution is 5.25. The monoisotopic (exact) mass is 254 g/mol. The maximum atomic E-state index is 5.68. The smallest absolute Gasteiger partial charge is 0.318 e. The third-order valence-electron chi connectivity index (χ3n) is 2.85. The number of rotatable bonds is 5. The van der Waals surface area contributed by atoms with Crippen molar-refractivity contribution in [3.63, 3.8) is 0 Å². The van der Waals surface area contributed by atoms with Crippen molar-refractivity contribution in [1.29, 1.82) is 0 Å². The molecule has 2 rings (SSSR count). The molecule has 0 spiro atoms. The van der Waals surface area contributed by atoms with Crippen molar-refractivity contribution >= 4 is 6.01 Å². The Morgan fingerprint density at radius 1 is 1.28 bits per heavy atom. The van der Waals surface area contributed by atoms with Gasteiger partial charge in [-0.15, -0.1) is 5.10 Å². The summed E-state index contributed by atoms with van der Waals surface area (Å²) in [5.41, 5.74) is 0. The quantitative estimate of drug-likeness (QED) is 0.796. The van der Waals surface area contributed by atoms with Crippen LogP contribution in [-0.4, -0.2) is 42.0 Å². The van der Waals surface area contributed by atoms with E-state index in [0.29, 0.717) is 18.5 Å². The lowest BCUT2D eigenvalue weighted by atomic mass is 10.2. The molecule has 1 saturated heterocycles. The Bertz CT molecular complexity index is 359. The first kappa shape index (κ1) is 13.3. The first-order valence-corrected chi connectivity index (χ1v) is 6.62. The van der Waals surface area contributed by atoms with Crippen molar-refractivity contribution in [3.05, 3.63) is 5.89 Å². The lowest BCUT2D eigenvalue weighted by Crippen LogP contribution is -2.45. The van der Waals surface area contributed by atoms with Crippen LogP contribution in [0.2, 0.25) is 0 Å². The normalized spacial score (nSPS) is 24.5. The summed E-state index contributed by atoms with van der Waals surface area (Å²) in [6.45, 7) is 9.44. The van der Waals surface area contributed by atoms with Gasteiger partial charge in [0.05, 0.1) is 18.8 Å². The molecule has 6 heteroatoms. The summed E-state index contributed by atoms with van der Waals surface area (Å²) in [6.07, 6.45) is 1.49. The van der Waals surface area contributed by atoms with Gasteiger partial charge in [0, 0.05) is 13.1 Å². The first-order valence-electron chi connectivity index (χ1n) is 6.62. The topological polar surface area (TPSA) is 63.4 Å². The van der Waals surface area contributed by atoms with Crippen LogP contribution in [0.5, 0.6) is 0 Å². The molecule has 1 aliphatic rings. The van der Waals surface area contributed by atoms with E-state index in [9.17, 15) is 0 Å². The van der Waals surface area contributed by atoms with Crippen LogP contribution in [0.15, 0.2) is 4.42 Å². The zero-order valence-electron chi connectivity index (χ0n) is 11.3. The molecule has 1 aliphatic heterocycles. The van der Waals surface area contributed by atoms with Crippen molar-refractivity contribution in [2.45, 2.75) is 45.9 Å². The summed E-state index contributed by atoms with van der Waals surface area (Å²) in [7, 11) is 0. The van der Waals surface area contributed by atoms with E-state index < -0.39 is 0 Å². The van der Waals surface area contributed by atoms with Crippen molar-refractivity contribution in [2.75, 3.05) is 24.5 Å². The number of hydrogen-bond donors (Lipinski definition) is 1.